The molecule has 1 unspecified atom stereocenters. The lowest BCUT2D eigenvalue weighted by Crippen LogP contribution is -2.05. The quantitative estimate of drug-likeness (QED) is 0.471. The lowest BCUT2D eigenvalue weighted by molar-refractivity contribution is 0.210. The molecule has 0 radical (unpaired) electrons. The number of nitrogens with zero attached hydrogens (tertiary/aromatic N) is 5. The van der Waals surface area contributed by atoms with Crippen molar-refractivity contribution in [2.75, 3.05) is 0 Å². The molecule has 29 heavy (non-hydrogen) atoms. The standard InChI is InChI=1S/C21H18BrN5O2/c22-18-17(9-8-16-19(18)25-26-27(16)12-13-6-7-13)29-21-14(4-3-11-24-21)20(28)15-5-1-2-10-23-15/h1-5,8-11,13,20,28H,6-7,12H2. The van der Waals surface area contributed by atoms with E-state index in [-0.39, 0.29) is 0 Å². The molecule has 1 fully saturated rings. The Hall–Kier alpha value is -2.84. The molecule has 7 nitrogen and oxygen atoms in total. The zero-order chi connectivity index (χ0) is 19.8. The van der Waals surface area contributed by atoms with Gasteiger partial charge in [0.1, 0.15) is 17.4 Å². The van der Waals surface area contributed by atoms with E-state index >= 15 is 0 Å². The molecule has 1 aliphatic carbocycles. The highest BCUT2D eigenvalue weighted by molar-refractivity contribution is 9.10. The van der Waals surface area contributed by atoms with Crippen molar-refractivity contribution < 1.29 is 9.84 Å². The van der Waals surface area contributed by atoms with Gasteiger partial charge in [0, 0.05) is 24.5 Å². The first-order valence-corrected chi connectivity index (χ1v) is 10.2. The Labute approximate surface area is 175 Å². The Morgan fingerprint density at radius 3 is 2.76 bits per heavy atom. The van der Waals surface area contributed by atoms with Crippen LogP contribution in [-0.4, -0.2) is 30.1 Å². The molecule has 1 saturated carbocycles. The molecule has 5 rings (SSSR count). The number of fused-ring (bicyclic) bond motifs is 1. The van der Waals surface area contributed by atoms with Crippen molar-refractivity contribution >= 4 is 27.0 Å². The molecule has 8 heteroatoms. The molecule has 1 N–H and O–H groups in total. The fourth-order valence-corrected chi connectivity index (χ4v) is 3.74. The maximum absolute atomic E-state index is 10.8. The van der Waals surface area contributed by atoms with Crippen LogP contribution >= 0.6 is 15.9 Å². The van der Waals surface area contributed by atoms with Gasteiger partial charge in [-0.3, -0.25) is 4.98 Å². The highest BCUT2D eigenvalue weighted by atomic mass is 79.9. The van der Waals surface area contributed by atoms with Crippen molar-refractivity contribution in [1.29, 1.82) is 0 Å². The number of aliphatic hydroxyl groups excluding tert-OH is 1. The molecule has 0 aliphatic heterocycles. The van der Waals surface area contributed by atoms with E-state index in [0.717, 1.165) is 17.6 Å². The van der Waals surface area contributed by atoms with Crippen LogP contribution in [0.4, 0.5) is 0 Å². The minimum Gasteiger partial charge on any atom is -0.437 e. The van der Waals surface area contributed by atoms with Crippen molar-refractivity contribution in [3.05, 3.63) is 70.6 Å². The molecule has 0 amide bonds. The molecule has 1 atom stereocenters. The minimum atomic E-state index is -0.943. The first-order valence-electron chi connectivity index (χ1n) is 9.44. The van der Waals surface area contributed by atoms with Crippen LogP contribution < -0.4 is 4.74 Å². The minimum absolute atomic E-state index is 0.316. The van der Waals surface area contributed by atoms with E-state index in [4.69, 9.17) is 4.74 Å². The average molecular weight is 452 g/mol. The van der Waals surface area contributed by atoms with E-state index in [9.17, 15) is 5.11 Å². The molecule has 1 aliphatic rings. The van der Waals surface area contributed by atoms with Gasteiger partial charge in [-0.2, -0.15) is 0 Å². The third kappa shape index (κ3) is 3.61. The van der Waals surface area contributed by atoms with Crippen molar-refractivity contribution in [1.82, 2.24) is 25.0 Å². The van der Waals surface area contributed by atoms with Gasteiger partial charge < -0.3 is 9.84 Å². The lowest BCUT2D eigenvalue weighted by Gasteiger charge is -2.15. The predicted molar refractivity (Wildman–Crippen MR) is 111 cm³/mol. The van der Waals surface area contributed by atoms with Gasteiger partial charge in [0.25, 0.3) is 0 Å². The van der Waals surface area contributed by atoms with Crippen LogP contribution in [0.15, 0.2) is 59.3 Å². The number of halogens is 1. The van der Waals surface area contributed by atoms with Crippen LogP contribution in [0.1, 0.15) is 30.2 Å². The van der Waals surface area contributed by atoms with Crippen LogP contribution in [0.25, 0.3) is 11.0 Å². The Morgan fingerprint density at radius 2 is 1.97 bits per heavy atom. The second-order valence-corrected chi connectivity index (χ2v) is 7.91. The number of benzene rings is 1. The van der Waals surface area contributed by atoms with Gasteiger partial charge >= 0.3 is 0 Å². The summed E-state index contributed by atoms with van der Waals surface area (Å²) in [5.41, 5.74) is 2.77. The summed E-state index contributed by atoms with van der Waals surface area (Å²) in [6.07, 6.45) is 4.84. The average Bonchev–Trinajstić information content (AvgIpc) is 3.49. The van der Waals surface area contributed by atoms with Gasteiger partial charge in [-0.05, 0) is 71.1 Å². The van der Waals surface area contributed by atoms with Gasteiger partial charge in [-0.1, -0.05) is 11.3 Å². The number of pyridine rings is 2. The summed E-state index contributed by atoms with van der Waals surface area (Å²) < 4.78 is 8.72. The summed E-state index contributed by atoms with van der Waals surface area (Å²) in [7, 11) is 0. The van der Waals surface area contributed by atoms with Crippen LogP contribution in [0.3, 0.4) is 0 Å². The largest absolute Gasteiger partial charge is 0.437 e. The predicted octanol–water partition coefficient (Wildman–Crippen LogP) is 4.27. The van der Waals surface area contributed by atoms with Gasteiger partial charge in [0.2, 0.25) is 5.88 Å². The van der Waals surface area contributed by atoms with E-state index < -0.39 is 6.10 Å². The lowest BCUT2D eigenvalue weighted by atomic mass is 10.1. The summed E-state index contributed by atoms with van der Waals surface area (Å²) in [5.74, 6) is 1.58. The zero-order valence-corrected chi connectivity index (χ0v) is 17.0. The Bertz CT molecular complexity index is 1160. The molecule has 0 bridgehead atoms. The number of aromatic nitrogens is 5. The second-order valence-electron chi connectivity index (χ2n) is 7.12. The van der Waals surface area contributed by atoms with Gasteiger partial charge in [0.05, 0.1) is 15.7 Å². The number of rotatable bonds is 6. The van der Waals surface area contributed by atoms with Gasteiger partial charge in [0.15, 0.2) is 0 Å². The van der Waals surface area contributed by atoms with Crippen molar-refractivity contribution in [3.8, 4) is 11.6 Å². The maximum Gasteiger partial charge on any atom is 0.225 e. The van der Waals surface area contributed by atoms with Crippen LogP contribution in [0.5, 0.6) is 11.6 Å². The van der Waals surface area contributed by atoms with Gasteiger partial charge in [-0.25, -0.2) is 9.67 Å². The number of aliphatic hydroxyl groups is 1. The fourth-order valence-electron chi connectivity index (χ4n) is 3.24. The molecule has 3 aromatic heterocycles. The normalized spacial score (nSPS) is 14.8. The van der Waals surface area contributed by atoms with Gasteiger partial charge in [-0.15, -0.1) is 5.10 Å². The van der Waals surface area contributed by atoms with E-state index in [0.29, 0.717) is 33.3 Å². The van der Waals surface area contributed by atoms with Crippen LogP contribution in [0.2, 0.25) is 0 Å². The highest BCUT2D eigenvalue weighted by Gasteiger charge is 2.24. The van der Waals surface area contributed by atoms with Crippen molar-refractivity contribution in [2.24, 2.45) is 5.92 Å². The fraction of sp³-hybridized carbons (Fsp3) is 0.238. The van der Waals surface area contributed by atoms with E-state index in [1.807, 2.05) is 22.9 Å². The molecule has 3 heterocycles. The third-order valence-corrected chi connectivity index (χ3v) is 5.75. The smallest absolute Gasteiger partial charge is 0.225 e. The maximum atomic E-state index is 10.8. The van der Waals surface area contributed by atoms with E-state index in [2.05, 4.69) is 36.2 Å². The molecule has 1 aromatic carbocycles. The van der Waals surface area contributed by atoms with Crippen molar-refractivity contribution in [2.45, 2.75) is 25.5 Å². The summed E-state index contributed by atoms with van der Waals surface area (Å²) in [5, 5.41) is 19.4. The van der Waals surface area contributed by atoms with E-state index in [1.54, 1.807) is 36.7 Å². The monoisotopic (exact) mass is 451 g/mol. The topological polar surface area (TPSA) is 86.0 Å². The molecule has 4 aromatic rings. The summed E-state index contributed by atoms with van der Waals surface area (Å²) in [4.78, 5) is 8.55. The summed E-state index contributed by atoms with van der Waals surface area (Å²) in [6, 6.07) is 12.8. The van der Waals surface area contributed by atoms with Crippen LogP contribution in [-0.2, 0) is 6.54 Å². The molecule has 0 spiro atoms. The summed E-state index contributed by atoms with van der Waals surface area (Å²) >= 11 is 3.60. The highest BCUT2D eigenvalue weighted by Crippen LogP contribution is 2.38. The summed E-state index contributed by atoms with van der Waals surface area (Å²) in [6.45, 7) is 0.893. The Kier molecular flexibility index (Phi) is 4.73. The Balaban J connectivity index is 1.47. The Morgan fingerprint density at radius 1 is 1.10 bits per heavy atom. The number of hydrogen-bond acceptors (Lipinski definition) is 6. The second kappa shape index (κ2) is 7.53. The molecule has 146 valence electrons. The molecule has 0 saturated heterocycles. The number of ether oxygens (including phenoxy) is 1. The van der Waals surface area contributed by atoms with Crippen molar-refractivity contribution in [3.63, 3.8) is 0 Å². The molecular weight excluding hydrogens is 434 g/mol. The first kappa shape index (κ1) is 18.2. The third-order valence-electron chi connectivity index (χ3n) is 4.99. The van der Waals surface area contributed by atoms with E-state index in [1.165, 1.54) is 12.8 Å². The number of hydrogen-bond donors (Lipinski definition) is 1. The van der Waals surface area contributed by atoms with Crippen LogP contribution in [0, 0.1) is 5.92 Å². The molecular formula is C21H18BrN5O2. The zero-order valence-electron chi connectivity index (χ0n) is 15.4. The SMILES string of the molecule is OC(c1ccccn1)c1cccnc1Oc1ccc2c(nnn2CC2CC2)c1Br. The first-order chi connectivity index (χ1) is 14.2.